The summed E-state index contributed by atoms with van der Waals surface area (Å²) in [5.41, 5.74) is -1.49. The molecule has 0 spiro atoms. The third-order valence-corrected chi connectivity index (χ3v) is 3.59. The van der Waals surface area contributed by atoms with Crippen molar-refractivity contribution in [1.82, 2.24) is 9.78 Å². The Labute approximate surface area is 148 Å². The van der Waals surface area contributed by atoms with Crippen molar-refractivity contribution in [3.05, 3.63) is 41.9 Å². The molecule has 0 saturated carbocycles. The highest BCUT2D eigenvalue weighted by atomic mass is 35.5. The minimum Gasteiger partial charge on any atom is -0.462 e. The van der Waals surface area contributed by atoms with Gasteiger partial charge in [-0.25, -0.2) is 4.79 Å². The number of halogens is 4. The Morgan fingerprint density at radius 2 is 2.20 bits per heavy atom. The number of carbonyl (C=O) groups excluding carboxylic acids is 1. The number of rotatable bonds is 8. The smallest absolute Gasteiger partial charge is 0.436 e. The molecule has 1 aromatic rings. The summed E-state index contributed by atoms with van der Waals surface area (Å²) >= 11 is 6.12. The second-order valence-electron chi connectivity index (χ2n) is 5.09. The number of allylic oxidation sites excluding steroid dienone is 3. The van der Waals surface area contributed by atoms with E-state index >= 15 is 0 Å². The zero-order valence-electron chi connectivity index (χ0n) is 13.9. The summed E-state index contributed by atoms with van der Waals surface area (Å²) in [6.07, 6.45) is -0.585. The molecule has 0 bridgehead atoms. The molecule has 5 nitrogen and oxygen atoms in total. The van der Waals surface area contributed by atoms with Crippen LogP contribution in [0, 0.1) is 0 Å². The van der Waals surface area contributed by atoms with Gasteiger partial charge in [0.15, 0.2) is 5.69 Å². The lowest BCUT2D eigenvalue weighted by molar-refractivity contribution is -0.142. The highest BCUT2D eigenvalue weighted by molar-refractivity contribution is 6.20. The molecule has 0 aliphatic heterocycles. The molecule has 0 saturated heterocycles. The molecule has 0 N–H and O–H groups in total. The first-order chi connectivity index (χ1) is 11.6. The Balaban J connectivity index is 3.37. The van der Waals surface area contributed by atoms with Gasteiger partial charge in [-0.1, -0.05) is 12.7 Å². The van der Waals surface area contributed by atoms with Crippen molar-refractivity contribution in [2.45, 2.75) is 37.9 Å². The maximum absolute atomic E-state index is 13.2. The molecular formula is C16H19ClF3N3O2. The van der Waals surface area contributed by atoms with Crippen LogP contribution in [0.15, 0.2) is 35.6 Å². The molecule has 1 heterocycles. The van der Waals surface area contributed by atoms with Crippen LogP contribution in [-0.4, -0.2) is 34.5 Å². The average molecular weight is 378 g/mol. The molecule has 0 radical (unpaired) electrons. The number of hydrogen-bond donors (Lipinski definition) is 0. The van der Waals surface area contributed by atoms with Gasteiger partial charge in [0.25, 0.3) is 0 Å². The molecule has 1 rings (SSSR count). The lowest BCUT2D eigenvalue weighted by Gasteiger charge is -2.20. The van der Waals surface area contributed by atoms with E-state index in [-0.39, 0.29) is 13.0 Å². The SMILES string of the molecule is C=C/C=C(\C[C@H](C(C)Cl)n1cc(C(=O)OCC)c(C(F)(F)F)n1)N=C. The maximum Gasteiger partial charge on any atom is 0.436 e. The molecule has 1 unspecified atom stereocenters. The van der Waals surface area contributed by atoms with Crippen LogP contribution in [0.4, 0.5) is 13.2 Å². The topological polar surface area (TPSA) is 56.5 Å². The van der Waals surface area contributed by atoms with Gasteiger partial charge in [0.2, 0.25) is 0 Å². The quantitative estimate of drug-likeness (QED) is 0.292. The molecule has 0 aliphatic rings. The van der Waals surface area contributed by atoms with Gasteiger partial charge in [-0.2, -0.15) is 18.3 Å². The van der Waals surface area contributed by atoms with Crippen LogP contribution in [0.3, 0.4) is 0 Å². The summed E-state index contributed by atoms with van der Waals surface area (Å²) in [7, 11) is 0. The zero-order chi connectivity index (χ0) is 19.2. The highest BCUT2D eigenvalue weighted by Crippen LogP contribution is 2.33. The fourth-order valence-electron chi connectivity index (χ4n) is 2.13. The van der Waals surface area contributed by atoms with Gasteiger partial charge in [-0.05, 0) is 26.6 Å². The van der Waals surface area contributed by atoms with E-state index in [0.29, 0.717) is 5.70 Å². The van der Waals surface area contributed by atoms with E-state index in [1.165, 1.54) is 13.0 Å². The van der Waals surface area contributed by atoms with Crippen molar-refractivity contribution in [3.63, 3.8) is 0 Å². The number of hydrogen-bond acceptors (Lipinski definition) is 4. The van der Waals surface area contributed by atoms with Crippen LogP contribution in [0.1, 0.15) is 42.4 Å². The summed E-state index contributed by atoms with van der Waals surface area (Å²) < 4.78 is 45.3. The van der Waals surface area contributed by atoms with Gasteiger partial charge in [0, 0.05) is 18.3 Å². The fraction of sp³-hybridized carbons (Fsp3) is 0.438. The Kier molecular flexibility index (Phi) is 7.41. The predicted molar refractivity (Wildman–Crippen MR) is 90.0 cm³/mol. The standard InChI is InChI=1S/C16H19ClF3N3O2/c1-5-7-11(21-4)8-13(10(3)17)23-9-12(15(24)25-6-2)14(22-23)16(18,19)20/h5,7,9-10,13H,1,4,6,8H2,2-3H3/b11-7+/t10?,13-/m1/s1. The number of carbonyl (C=O) groups is 1. The van der Waals surface area contributed by atoms with Gasteiger partial charge in [0.05, 0.1) is 18.0 Å². The average Bonchev–Trinajstić information content (AvgIpc) is 2.96. The number of aromatic nitrogens is 2. The fourth-order valence-corrected chi connectivity index (χ4v) is 2.34. The molecule has 9 heteroatoms. The largest absolute Gasteiger partial charge is 0.462 e. The summed E-state index contributed by atoms with van der Waals surface area (Å²) in [5, 5.41) is 2.95. The van der Waals surface area contributed by atoms with Crippen LogP contribution >= 0.6 is 11.6 Å². The lowest BCUT2D eigenvalue weighted by Crippen LogP contribution is -2.20. The molecule has 1 aromatic heterocycles. The minimum absolute atomic E-state index is 0.0523. The van der Waals surface area contributed by atoms with Gasteiger partial charge in [-0.15, -0.1) is 11.6 Å². The Morgan fingerprint density at radius 3 is 2.64 bits per heavy atom. The Morgan fingerprint density at radius 1 is 1.56 bits per heavy atom. The van der Waals surface area contributed by atoms with Crippen molar-refractivity contribution in [2.24, 2.45) is 4.99 Å². The van der Waals surface area contributed by atoms with Gasteiger partial charge >= 0.3 is 12.1 Å². The molecule has 2 atom stereocenters. The normalized spacial score (nSPS) is 14.7. The van der Waals surface area contributed by atoms with E-state index in [0.717, 1.165) is 10.9 Å². The van der Waals surface area contributed by atoms with E-state index in [9.17, 15) is 18.0 Å². The monoisotopic (exact) mass is 377 g/mol. The molecule has 0 aliphatic carbocycles. The number of nitrogens with zero attached hydrogens (tertiary/aromatic N) is 3. The number of esters is 1. The first kappa shape index (κ1) is 21.0. The molecule has 25 heavy (non-hydrogen) atoms. The van der Waals surface area contributed by atoms with Crippen molar-refractivity contribution in [3.8, 4) is 0 Å². The van der Waals surface area contributed by atoms with Gasteiger partial charge in [-0.3, -0.25) is 9.67 Å². The van der Waals surface area contributed by atoms with Crippen LogP contribution in [-0.2, 0) is 10.9 Å². The number of alkyl halides is 4. The second kappa shape index (κ2) is 8.84. The van der Waals surface area contributed by atoms with Crippen LogP contribution < -0.4 is 0 Å². The molecule has 0 amide bonds. The molecule has 0 aromatic carbocycles. The van der Waals surface area contributed by atoms with E-state index in [2.05, 4.69) is 28.1 Å². The highest BCUT2D eigenvalue weighted by Gasteiger charge is 2.40. The van der Waals surface area contributed by atoms with E-state index in [4.69, 9.17) is 11.6 Å². The zero-order valence-corrected chi connectivity index (χ0v) is 14.6. The van der Waals surface area contributed by atoms with Gasteiger partial charge in [0.1, 0.15) is 5.56 Å². The van der Waals surface area contributed by atoms with Gasteiger partial charge < -0.3 is 4.74 Å². The lowest BCUT2D eigenvalue weighted by atomic mass is 10.1. The Hall–Kier alpha value is -2.09. The minimum atomic E-state index is -4.80. The molecule has 0 fully saturated rings. The summed E-state index contributed by atoms with van der Waals surface area (Å²) in [4.78, 5) is 15.6. The Bertz CT molecular complexity index is 666. The first-order valence-corrected chi connectivity index (χ1v) is 7.85. The number of aliphatic imine (C=N–C) groups is 1. The van der Waals surface area contributed by atoms with Crippen LogP contribution in [0.25, 0.3) is 0 Å². The maximum atomic E-state index is 13.2. The van der Waals surface area contributed by atoms with Crippen molar-refractivity contribution in [2.75, 3.05) is 6.61 Å². The third-order valence-electron chi connectivity index (χ3n) is 3.30. The molecular weight excluding hydrogens is 359 g/mol. The van der Waals surface area contributed by atoms with E-state index in [1.54, 1.807) is 13.0 Å². The van der Waals surface area contributed by atoms with Crippen LogP contribution in [0.2, 0.25) is 0 Å². The third kappa shape index (κ3) is 5.45. The summed E-state index contributed by atoms with van der Waals surface area (Å²) in [5.74, 6) is -1.09. The summed E-state index contributed by atoms with van der Waals surface area (Å²) in [6, 6.07) is -0.678. The van der Waals surface area contributed by atoms with Crippen LogP contribution in [0.5, 0.6) is 0 Å². The van der Waals surface area contributed by atoms with Crippen molar-refractivity contribution >= 4 is 24.3 Å². The predicted octanol–water partition coefficient (Wildman–Crippen LogP) is 4.41. The van der Waals surface area contributed by atoms with E-state index in [1.807, 2.05) is 0 Å². The van der Waals surface area contributed by atoms with Crippen molar-refractivity contribution < 1.29 is 22.7 Å². The molecule has 138 valence electrons. The first-order valence-electron chi connectivity index (χ1n) is 7.41. The van der Waals surface area contributed by atoms with E-state index < -0.39 is 34.8 Å². The second-order valence-corrected chi connectivity index (χ2v) is 5.78. The number of ether oxygens (including phenoxy) is 1. The van der Waals surface area contributed by atoms with Crippen molar-refractivity contribution in [1.29, 1.82) is 0 Å². The summed E-state index contributed by atoms with van der Waals surface area (Å²) in [6.45, 7) is 10.0.